The number of aromatic amines is 1. The Hall–Kier alpha value is -0.810. The Labute approximate surface area is 98.5 Å². The van der Waals surface area contributed by atoms with Gasteiger partial charge >= 0.3 is 0 Å². The third-order valence-corrected chi connectivity index (χ3v) is 4.11. The molecule has 0 spiro atoms. The molecule has 1 fully saturated rings. The quantitative estimate of drug-likeness (QED) is 0.608. The van der Waals surface area contributed by atoms with E-state index in [0.29, 0.717) is 5.16 Å². The van der Waals surface area contributed by atoms with Crippen LogP contribution in [0.15, 0.2) is 22.2 Å². The maximum absolute atomic E-state index is 11.1. The Morgan fingerprint density at radius 1 is 1.38 bits per heavy atom. The maximum atomic E-state index is 11.1. The molecule has 0 saturated heterocycles. The van der Waals surface area contributed by atoms with E-state index in [1.54, 1.807) is 0 Å². The van der Waals surface area contributed by atoms with Gasteiger partial charge in [0, 0.05) is 17.5 Å². The van der Waals surface area contributed by atoms with Gasteiger partial charge in [-0.3, -0.25) is 4.79 Å². The molecule has 1 heterocycles. The van der Waals surface area contributed by atoms with Crippen molar-refractivity contribution in [1.82, 2.24) is 9.97 Å². The average Bonchev–Trinajstić information content (AvgIpc) is 2.45. The van der Waals surface area contributed by atoms with Crippen LogP contribution in [0.1, 0.15) is 32.1 Å². The fourth-order valence-electron chi connectivity index (χ4n) is 1.95. The molecule has 2 rings (SSSR count). The van der Waals surface area contributed by atoms with Crippen LogP contribution in [0.4, 0.5) is 0 Å². The van der Waals surface area contributed by atoms with Crippen molar-refractivity contribution in [2.75, 3.05) is 0 Å². The fourth-order valence-corrected chi connectivity index (χ4v) is 3.09. The maximum Gasteiger partial charge on any atom is 0.251 e. The minimum Gasteiger partial charge on any atom is -0.392 e. The van der Waals surface area contributed by atoms with Crippen molar-refractivity contribution in [1.29, 1.82) is 0 Å². The van der Waals surface area contributed by atoms with Gasteiger partial charge in [0.1, 0.15) is 0 Å². The van der Waals surface area contributed by atoms with E-state index < -0.39 is 0 Å². The van der Waals surface area contributed by atoms with Gasteiger partial charge in [0.2, 0.25) is 0 Å². The molecule has 4 nitrogen and oxygen atoms in total. The summed E-state index contributed by atoms with van der Waals surface area (Å²) >= 11 is 1.48. The third kappa shape index (κ3) is 3.09. The SMILES string of the molecule is O=c1ccnc(SC2CCCCCC2O)[nH]1. The highest BCUT2D eigenvalue weighted by Crippen LogP contribution is 2.30. The molecule has 1 saturated carbocycles. The standard InChI is InChI=1S/C11H16N2O2S/c14-8-4-2-1-3-5-9(8)16-11-12-7-6-10(15)13-11/h6-9,14H,1-5H2,(H,12,13,15). The van der Waals surface area contributed by atoms with Crippen molar-refractivity contribution >= 4 is 11.8 Å². The van der Waals surface area contributed by atoms with E-state index >= 15 is 0 Å². The summed E-state index contributed by atoms with van der Waals surface area (Å²) in [6.07, 6.45) is 6.50. The lowest BCUT2D eigenvalue weighted by molar-refractivity contribution is 0.163. The van der Waals surface area contributed by atoms with Crippen LogP contribution >= 0.6 is 11.8 Å². The van der Waals surface area contributed by atoms with E-state index in [1.165, 1.54) is 30.4 Å². The van der Waals surface area contributed by atoms with Gasteiger partial charge in [-0.15, -0.1) is 0 Å². The van der Waals surface area contributed by atoms with E-state index in [0.717, 1.165) is 25.7 Å². The first-order chi connectivity index (χ1) is 7.75. The topological polar surface area (TPSA) is 66.0 Å². The summed E-state index contributed by atoms with van der Waals surface area (Å²) in [4.78, 5) is 17.9. The van der Waals surface area contributed by atoms with Crippen LogP contribution in [0, 0.1) is 0 Å². The number of hydrogen-bond acceptors (Lipinski definition) is 4. The van der Waals surface area contributed by atoms with E-state index in [-0.39, 0.29) is 16.9 Å². The number of nitrogens with zero attached hydrogens (tertiary/aromatic N) is 1. The lowest BCUT2D eigenvalue weighted by Crippen LogP contribution is -2.22. The molecule has 2 N–H and O–H groups in total. The first kappa shape index (κ1) is 11.7. The predicted octanol–water partition coefficient (Wildman–Crippen LogP) is 1.56. The third-order valence-electron chi connectivity index (χ3n) is 2.83. The zero-order valence-electron chi connectivity index (χ0n) is 9.06. The second-order valence-electron chi connectivity index (χ2n) is 4.10. The lowest BCUT2D eigenvalue weighted by atomic mass is 10.1. The molecular weight excluding hydrogens is 224 g/mol. The van der Waals surface area contributed by atoms with Gasteiger partial charge in [0.15, 0.2) is 5.16 Å². The summed E-state index contributed by atoms with van der Waals surface area (Å²) in [5.74, 6) is 0. The number of aliphatic hydroxyl groups excluding tert-OH is 1. The first-order valence-electron chi connectivity index (χ1n) is 5.66. The largest absolute Gasteiger partial charge is 0.392 e. The number of aromatic nitrogens is 2. The van der Waals surface area contributed by atoms with Crippen LogP contribution < -0.4 is 5.56 Å². The number of aliphatic hydroxyl groups is 1. The number of nitrogens with one attached hydrogen (secondary N) is 1. The molecule has 88 valence electrons. The van der Waals surface area contributed by atoms with E-state index in [1.807, 2.05) is 0 Å². The molecule has 16 heavy (non-hydrogen) atoms. The van der Waals surface area contributed by atoms with Crippen LogP contribution in [0.2, 0.25) is 0 Å². The molecule has 1 aromatic heterocycles. The Balaban J connectivity index is 2.04. The fraction of sp³-hybridized carbons (Fsp3) is 0.636. The lowest BCUT2D eigenvalue weighted by Gasteiger charge is -2.18. The monoisotopic (exact) mass is 240 g/mol. The molecule has 0 aliphatic heterocycles. The highest BCUT2D eigenvalue weighted by Gasteiger charge is 2.23. The molecular formula is C11H16N2O2S. The van der Waals surface area contributed by atoms with Crippen molar-refractivity contribution < 1.29 is 5.11 Å². The predicted molar refractivity (Wildman–Crippen MR) is 63.6 cm³/mol. The Kier molecular flexibility index (Phi) is 4.01. The van der Waals surface area contributed by atoms with E-state index in [4.69, 9.17) is 0 Å². The first-order valence-corrected chi connectivity index (χ1v) is 6.54. The molecule has 0 bridgehead atoms. The van der Waals surface area contributed by atoms with Crippen molar-refractivity contribution in [2.45, 2.75) is 48.6 Å². The van der Waals surface area contributed by atoms with Gasteiger partial charge < -0.3 is 10.1 Å². The van der Waals surface area contributed by atoms with Gasteiger partial charge in [-0.25, -0.2) is 4.98 Å². The highest BCUT2D eigenvalue weighted by atomic mass is 32.2. The summed E-state index contributed by atoms with van der Waals surface area (Å²) in [5.41, 5.74) is -0.138. The molecule has 0 amide bonds. The van der Waals surface area contributed by atoms with Crippen LogP contribution in [-0.4, -0.2) is 26.4 Å². The second kappa shape index (κ2) is 5.50. The minimum atomic E-state index is -0.280. The molecule has 1 aromatic rings. The summed E-state index contributed by atoms with van der Waals surface area (Å²) in [7, 11) is 0. The van der Waals surface area contributed by atoms with Crippen molar-refractivity contribution in [2.24, 2.45) is 0 Å². The summed E-state index contributed by atoms with van der Waals surface area (Å²) in [6, 6.07) is 1.40. The summed E-state index contributed by atoms with van der Waals surface area (Å²) < 4.78 is 0. The van der Waals surface area contributed by atoms with Gasteiger partial charge in [0.05, 0.1) is 6.10 Å². The van der Waals surface area contributed by atoms with E-state index in [2.05, 4.69) is 9.97 Å². The van der Waals surface area contributed by atoms with Crippen molar-refractivity contribution in [3.8, 4) is 0 Å². The number of rotatable bonds is 2. The van der Waals surface area contributed by atoms with Crippen LogP contribution in [0.5, 0.6) is 0 Å². The van der Waals surface area contributed by atoms with Crippen LogP contribution in [0.3, 0.4) is 0 Å². The molecule has 2 unspecified atom stereocenters. The highest BCUT2D eigenvalue weighted by molar-refractivity contribution is 7.99. The molecule has 2 atom stereocenters. The zero-order chi connectivity index (χ0) is 11.4. The number of thioether (sulfide) groups is 1. The summed E-state index contributed by atoms with van der Waals surface area (Å²) in [5, 5.41) is 10.7. The molecule has 5 heteroatoms. The molecule has 1 aliphatic carbocycles. The van der Waals surface area contributed by atoms with Crippen LogP contribution in [-0.2, 0) is 0 Å². The van der Waals surface area contributed by atoms with Crippen molar-refractivity contribution in [3.63, 3.8) is 0 Å². The Bertz CT molecular complexity index is 394. The number of hydrogen-bond donors (Lipinski definition) is 2. The Morgan fingerprint density at radius 2 is 2.19 bits per heavy atom. The van der Waals surface area contributed by atoms with Crippen molar-refractivity contribution in [3.05, 3.63) is 22.6 Å². The zero-order valence-corrected chi connectivity index (χ0v) is 9.87. The van der Waals surface area contributed by atoms with Gasteiger partial charge in [0.25, 0.3) is 5.56 Å². The average molecular weight is 240 g/mol. The van der Waals surface area contributed by atoms with Gasteiger partial charge in [-0.05, 0) is 12.8 Å². The number of H-pyrrole nitrogens is 1. The minimum absolute atomic E-state index is 0.138. The van der Waals surface area contributed by atoms with Gasteiger partial charge in [-0.2, -0.15) is 0 Å². The van der Waals surface area contributed by atoms with Crippen LogP contribution in [0.25, 0.3) is 0 Å². The molecule has 1 aliphatic rings. The van der Waals surface area contributed by atoms with Gasteiger partial charge in [-0.1, -0.05) is 31.0 Å². The second-order valence-corrected chi connectivity index (χ2v) is 5.33. The smallest absolute Gasteiger partial charge is 0.251 e. The molecule has 0 radical (unpaired) electrons. The molecule has 0 aromatic carbocycles. The summed E-state index contributed by atoms with van der Waals surface area (Å²) in [6.45, 7) is 0. The van der Waals surface area contributed by atoms with E-state index in [9.17, 15) is 9.90 Å². The Morgan fingerprint density at radius 3 is 3.00 bits per heavy atom. The normalized spacial score (nSPS) is 26.3.